The summed E-state index contributed by atoms with van der Waals surface area (Å²) < 4.78 is 18.4. The van der Waals surface area contributed by atoms with Crippen LogP contribution in [0, 0.1) is 5.82 Å². The average Bonchev–Trinajstić information content (AvgIpc) is 2.98. The van der Waals surface area contributed by atoms with Crippen molar-refractivity contribution >= 4 is 17.8 Å². The maximum Gasteiger partial charge on any atom is 0.325 e. The summed E-state index contributed by atoms with van der Waals surface area (Å²) in [4.78, 5) is 40.8. The van der Waals surface area contributed by atoms with Gasteiger partial charge in [-0.2, -0.15) is 0 Å². The first-order valence-corrected chi connectivity index (χ1v) is 9.70. The van der Waals surface area contributed by atoms with Gasteiger partial charge in [0.1, 0.15) is 23.7 Å². The molecular formula is C23H24FN3O4. The molecule has 3 rings (SSSR count). The Morgan fingerprint density at radius 1 is 1.19 bits per heavy atom. The molecule has 0 bridgehead atoms. The molecule has 0 aromatic heterocycles. The van der Waals surface area contributed by atoms with Crippen LogP contribution in [0.15, 0.2) is 61.2 Å². The van der Waals surface area contributed by atoms with Crippen LogP contribution >= 0.6 is 0 Å². The van der Waals surface area contributed by atoms with E-state index in [4.69, 9.17) is 4.74 Å². The van der Waals surface area contributed by atoms with E-state index >= 15 is 0 Å². The summed E-state index contributed by atoms with van der Waals surface area (Å²) in [5, 5.41) is 2.61. The highest BCUT2D eigenvalue weighted by Crippen LogP contribution is 2.29. The third-order valence-electron chi connectivity index (χ3n) is 5.22. The lowest BCUT2D eigenvalue weighted by atomic mass is 9.92. The van der Waals surface area contributed by atoms with Crippen molar-refractivity contribution in [2.24, 2.45) is 0 Å². The highest BCUT2D eigenvalue weighted by Gasteiger charge is 2.49. The zero-order valence-electron chi connectivity index (χ0n) is 17.4. The number of hydrogen-bond donors (Lipinski definition) is 1. The molecule has 7 nitrogen and oxygen atoms in total. The molecule has 2 aromatic carbocycles. The van der Waals surface area contributed by atoms with Crippen molar-refractivity contribution in [2.45, 2.75) is 19.0 Å². The van der Waals surface area contributed by atoms with Gasteiger partial charge in [0.25, 0.3) is 5.91 Å². The quantitative estimate of drug-likeness (QED) is 0.521. The highest BCUT2D eigenvalue weighted by atomic mass is 19.1. The van der Waals surface area contributed by atoms with Gasteiger partial charge in [0.15, 0.2) is 0 Å². The van der Waals surface area contributed by atoms with Crippen LogP contribution in [0.25, 0.3) is 0 Å². The van der Waals surface area contributed by atoms with Gasteiger partial charge in [-0.15, -0.1) is 6.58 Å². The van der Waals surface area contributed by atoms with Crippen LogP contribution in [0.2, 0.25) is 0 Å². The smallest absolute Gasteiger partial charge is 0.325 e. The molecule has 0 spiro atoms. The number of nitrogens with zero attached hydrogens (tertiary/aromatic N) is 2. The lowest BCUT2D eigenvalue weighted by Crippen LogP contribution is -2.44. The number of urea groups is 1. The number of hydrogen-bond acceptors (Lipinski definition) is 4. The molecule has 1 atom stereocenters. The van der Waals surface area contributed by atoms with Crippen LogP contribution in [0.5, 0.6) is 5.75 Å². The van der Waals surface area contributed by atoms with Crippen molar-refractivity contribution in [1.82, 2.24) is 15.1 Å². The molecule has 0 aliphatic carbocycles. The van der Waals surface area contributed by atoms with Crippen molar-refractivity contribution < 1.29 is 23.5 Å². The minimum atomic E-state index is -1.37. The first kappa shape index (κ1) is 22.0. The predicted molar refractivity (Wildman–Crippen MR) is 113 cm³/mol. The van der Waals surface area contributed by atoms with Gasteiger partial charge in [-0.1, -0.05) is 30.3 Å². The number of rotatable bonds is 8. The van der Waals surface area contributed by atoms with Gasteiger partial charge in [-0.05, 0) is 42.3 Å². The second-order valence-corrected chi connectivity index (χ2v) is 7.36. The zero-order chi connectivity index (χ0) is 22.6. The molecule has 31 heavy (non-hydrogen) atoms. The number of ether oxygens (including phenoxy) is 1. The third-order valence-corrected chi connectivity index (χ3v) is 5.22. The molecule has 8 heteroatoms. The molecule has 1 saturated heterocycles. The largest absolute Gasteiger partial charge is 0.497 e. The zero-order valence-corrected chi connectivity index (χ0v) is 17.4. The number of amides is 4. The predicted octanol–water partition coefficient (Wildman–Crippen LogP) is 2.82. The molecule has 162 valence electrons. The van der Waals surface area contributed by atoms with Gasteiger partial charge in [-0.3, -0.25) is 14.5 Å². The SMILES string of the molecule is C=CCN(Cc1ccc(OC)cc1)C(=O)CN1C(=O)NC(C)(c2ccc(F)cc2)C1=O. The standard InChI is InChI=1S/C23H24FN3O4/c1-4-13-26(14-16-5-11-19(31-3)12-6-16)20(28)15-27-21(29)23(2,25-22(27)30)17-7-9-18(24)10-8-17/h4-12H,1,13-15H2,2-3H3,(H,25,30). The monoisotopic (exact) mass is 425 g/mol. The van der Waals surface area contributed by atoms with Gasteiger partial charge in [0.05, 0.1) is 7.11 Å². The maximum atomic E-state index is 13.3. The van der Waals surface area contributed by atoms with Crippen LogP contribution in [0.1, 0.15) is 18.1 Å². The molecule has 4 amide bonds. The van der Waals surface area contributed by atoms with Crippen molar-refractivity contribution in [3.8, 4) is 5.75 Å². The van der Waals surface area contributed by atoms with Crippen LogP contribution in [0.3, 0.4) is 0 Å². The van der Waals surface area contributed by atoms with Gasteiger partial charge in [0, 0.05) is 13.1 Å². The van der Waals surface area contributed by atoms with Crippen LogP contribution in [-0.2, 0) is 21.7 Å². The molecule has 1 aliphatic heterocycles. The Kier molecular flexibility index (Phi) is 6.39. The summed E-state index contributed by atoms with van der Waals surface area (Å²) in [5.74, 6) is -0.720. The summed E-state index contributed by atoms with van der Waals surface area (Å²) in [5.41, 5.74) is -0.0719. The molecule has 2 aromatic rings. The number of carbonyl (C=O) groups is 3. The average molecular weight is 425 g/mol. The number of nitrogens with one attached hydrogen (secondary N) is 1. The maximum absolute atomic E-state index is 13.3. The van der Waals surface area contributed by atoms with E-state index in [0.717, 1.165) is 10.5 Å². The topological polar surface area (TPSA) is 79.0 Å². The Morgan fingerprint density at radius 3 is 2.42 bits per heavy atom. The van der Waals surface area contributed by atoms with E-state index in [2.05, 4.69) is 11.9 Å². The van der Waals surface area contributed by atoms with E-state index in [1.807, 2.05) is 12.1 Å². The molecule has 1 heterocycles. The summed E-state index contributed by atoms with van der Waals surface area (Å²) >= 11 is 0. The fourth-order valence-corrected chi connectivity index (χ4v) is 3.42. The van der Waals surface area contributed by atoms with E-state index in [0.29, 0.717) is 11.3 Å². The second-order valence-electron chi connectivity index (χ2n) is 7.36. The molecule has 1 unspecified atom stereocenters. The van der Waals surface area contributed by atoms with Crippen molar-refractivity contribution in [3.05, 3.63) is 78.1 Å². The third kappa shape index (κ3) is 4.58. The van der Waals surface area contributed by atoms with Crippen molar-refractivity contribution in [2.75, 3.05) is 20.2 Å². The fourth-order valence-electron chi connectivity index (χ4n) is 3.42. The number of imide groups is 1. The Hall–Kier alpha value is -3.68. The molecule has 0 radical (unpaired) electrons. The van der Waals surface area contributed by atoms with Crippen molar-refractivity contribution in [3.63, 3.8) is 0 Å². The van der Waals surface area contributed by atoms with Crippen molar-refractivity contribution in [1.29, 1.82) is 0 Å². The molecular weight excluding hydrogens is 401 g/mol. The summed E-state index contributed by atoms with van der Waals surface area (Å²) in [6.45, 7) is 5.34. The fraction of sp³-hybridized carbons (Fsp3) is 0.261. The molecule has 1 aliphatic rings. The van der Waals surface area contributed by atoms with Gasteiger partial charge in [0.2, 0.25) is 5.91 Å². The highest BCUT2D eigenvalue weighted by molar-refractivity contribution is 6.09. The number of halogens is 1. The van der Waals surface area contributed by atoms with Crippen LogP contribution in [-0.4, -0.2) is 47.8 Å². The Balaban J connectivity index is 1.74. The summed E-state index contributed by atoms with van der Waals surface area (Å²) in [7, 11) is 1.57. The van der Waals surface area contributed by atoms with E-state index in [9.17, 15) is 18.8 Å². The molecule has 1 fully saturated rings. The Bertz CT molecular complexity index is 991. The van der Waals surface area contributed by atoms with Crippen LogP contribution in [0.4, 0.5) is 9.18 Å². The van der Waals surface area contributed by atoms with E-state index in [1.54, 1.807) is 25.3 Å². The van der Waals surface area contributed by atoms with Gasteiger partial charge < -0.3 is 15.0 Å². The summed E-state index contributed by atoms with van der Waals surface area (Å²) in [6, 6.07) is 11.9. The van der Waals surface area contributed by atoms with Crippen LogP contribution < -0.4 is 10.1 Å². The first-order chi connectivity index (χ1) is 14.8. The van der Waals surface area contributed by atoms with Gasteiger partial charge in [-0.25, -0.2) is 9.18 Å². The minimum absolute atomic E-state index is 0.254. The Morgan fingerprint density at radius 2 is 1.84 bits per heavy atom. The lowest BCUT2D eigenvalue weighted by Gasteiger charge is -2.25. The van der Waals surface area contributed by atoms with E-state index < -0.39 is 35.7 Å². The van der Waals surface area contributed by atoms with E-state index in [-0.39, 0.29) is 13.1 Å². The first-order valence-electron chi connectivity index (χ1n) is 9.70. The number of benzene rings is 2. The normalized spacial score (nSPS) is 18.0. The number of carbonyl (C=O) groups excluding carboxylic acids is 3. The summed E-state index contributed by atoms with van der Waals surface area (Å²) in [6.07, 6.45) is 1.58. The molecule has 0 saturated carbocycles. The second kappa shape index (κ2) is 8.99. The molecule has 1 N–H and O–H groups in total. The number of methoxy groups -OCH3 is 1. The van der Waals surface area contributed by atoms with Gasteiger partial charge >= 0.3 is 6.03 Å². The lowest BCUT2D eigenvalue weighted by molar-refractivity contribution is -0.139. The van der Waals surface area contributed by atoms with E-state index in [1.165, 1.54) is 36.1 Å². The Labute approximate surface area is 180 Å². The minimum Gasteiger partial charge on any atom is -0.497 e.